The van der Waals surface area contributed by atoms with Gasteiger partial charge in [-0.05, 0) is 24.5 Å². The molecule has 0 radical (unpaired) electrons. The summed E-state index contributed by atoms with van der Waals surface area (Å²) in [6.45, 7) is 0. The van der Waals surface area contributed by atoms with Gasteiger partial charge in [-0.25, -0.2) is 8.42 Å². The molecule has 0 fully saturated rings. The summed E-state index contributed by atoms with van der Waals surface area (Å²) in [5.41, 5.74) is 1.09. The highest BCUT2D eigenvalue weighted by molar-refractivity contribution is 7.90. The minimum absolute atomic E-state index is 0.252. The summed E-state index contributed by atoms with van der Waals surface area (Å²) in [5.74, 6) is 0.252. The number of nitrogens with zero attached hydrogens (tertiary/aromatic N) is 1. The highest BCUT2D eigenvalue weighted by Crippen LogP contribution is 2.01. The third-order valence-electron chi connectivity index (χ3n) is 1.70. The van der Waals surface area contributed by atoms with Gasteiger partial charge in [0.15, 0.2) is 0 Å². The maximum absolute atomic E-state index is 10.8. The van der Waals surface area contributed by atoms with E-state index >= 15 is 0 Å². The fourth-order valence-corrected chi connectivity index (χ4v) is 1.75. The van der Waals surface area contributed by atoms with Crippen LogP contribution in [0.1, 0.15) is 12.0 Å². The van der Waals surface area contributed by atoms with Crippen LogP contribution in [0.25, 0.3) is 0 Å². The molecule has 0 N–H and O–H groups in total. The van der Waals surface area contributed by atoms with Crippen LogP contribution in [0.15, 0.2) is 24.5 Å². The van der Waals surface area contributed by atoms with E-state index in [1.165, 1.54) is 6.26 Å². The zero-order valence-electron chi connectivity index (χ0n) is 7.60. The van der Waals surface area contributed by atoms with E-state index in [1.54, 1.807) is 12.4 Å². The molecule has 1 aromatic rings. The Morgan fingerprint density at radius 3 is 2.77 bits per heavy atom. The summed E-state index contributed by atoms with van der Waals surface area (Å²) in [4.78, 5) is 3.95. The van der Waals surface area contributed by atoms with Gasteiger partial charge < -0.3 is 0 Å². The van der Waals surface area contributed by atoms with Crippen molar-refractivity contribution in [2.75, 3.05) is 12.0 Å². The molecule has 1 aromatic heterocycles. The summed E-state index contributed by atoms with van der Waals surface area (Å²) in [5, 5.41) is 0. The van der Waals surface area contributed by atoms with Crippen molar-refractivity contribution in [3.8, 4) is 0 Å². The second kappa shape index (κ2) is 4.37. The van der Waals surface area contributed by atoms with Crippen LogP contribution >= 0.6 is 0 Å². The van der Waals surface area contributed by atoms with Gasteiger partial charge in [-0.2, -0.15) is 0 Å². The molecule has 0 aromatic carbocycles. The van der Waals surface area contributed by atoms with Crippen LogP contribution in [0.4, 0.5) is 0 Å². The van der Waals surface area contributed by atoms with Crippen molar-refractivity contribution >= 4 is 9.84 Å². The van der Waals surface area contributed by atoms with Gasteiger partial charge in [-0.1, -0.05) is 6.07 Å². The average molecular weight is 199 g/mol. The zero-order chi connectivity index (χ0) is 9.73. The predicted octanol–water partition coefficient (Wildman–Crippen LogP) is 1.06. The number of hydrogen-bond donors (Lipinski definition) is 0. The first-order valence-electron chi connectivity index (χ1n) is 4.14. The Morgan fingerprint density at radius 2 is 2.23 bits per heavy atom. The zero-order valence-corrected chi connectivity index (χ0v) is 8.42. The lowest BCUT2D eigenvalue weighted by Gasteiger charge is -1.98. The summed E-state index contributed by atoms with van der Waals surface area (Å²) in [6.07, 6.45) is 6.18. The monoisotopic (exact) mass is 199 g/mol. The Morgan fingerprint density at radius 1 is 1.46 bits per heavy atom. The first-order chi connectivity index (χ1) is 6.08. The molecule has 72 valence electrons. The molecule has 1 rings (SSSR count). The van der Waals surface area contributed by atoms with Crippen molar-refractivity contribution in [3.63, 3.8) is 0 Å². The van der Waals surface area contributed by atoms with Crippen LogP contribution in [0.2, 0.25) is 0 Å². The highest BCUT2D eigenvalue weighted by atomic mass is 32.2. The van der Waals surface area contributed by atoms with Crippen LogP contribution in [-0.2, 0) is 16.3 Å². The molecule has 1 heterocycles. The van der Waals surface area contributed by atoms with Crippen LogP contribution in [0.3, 0.4) is 0 Å². The summed E-state index contributed by atoms with van der Waals surface area (Å²) < 4.78 is 21.6. The Balaban J connectivity index is 2.37. The molecule has 0 aliphatic rings. The largest absolute Gasteiger partial charge is 0.264 e. The molecule has 0 spiro atoms. The van der Waals surface area contributed by atoms with Crippen LogP contribution in [0, 0.1) is 0 Å². The highest BCUT2D eigenvalue weighted by Gasteiger charge is 2.01. The second-order valence-corrected chi connectivity index (χ2v) is 5.35. The SMILES string of the molecule is CS(=O)(=O)CCCc1cccnc1. The third kappa shape index (κ3) is 4.62. The fourth-order valence-electron chi connectivity index (χ4n) is 1.08. The van der Waals surface area contributed by atoms with E-state index in [1.807, 2.05) is 12.1 Å². The van der Waals surface area contributed by atoms with E-state index in [4.69, 9.17) is 0 Å². The van der Waals surface area contributed by atoms with Crippen LogP contribution < -0.4 is 0 Å². The lowest BCUT2D eigenvalue weighted by atomic mass is 10.2. The van der Waals surface area contributed by atoms with Crippen LogP contribution in [0.5, 0.6) is 0 Å². The van der Waals surface area contributed by atoms with Crippen molar-refractivity contribution in [3.05, 3.63) is 30.1 Å². The Bertz CT molecular complexity index is 345. The average Bonchev–Trinajstić information content (AvgIpc) is 2.04. The summed E-state index contributed by atoms with van der Waals surface area (Å²) >= 11 is 0. The van der Waals surface area contributed by atoms with E-state index in [-0.39, 0.29) is 5.75 Å². The van der Waals surface area contributed by atoms with Crippen molar-refractivity contribution in [1.82, 2.24) is 4.98 Å². The van der Waals surface area contributed by atoms with Gasteiger partial charge in [-0.15, -0.1) is 0 Å². The Kier molecular flexibility index (Phi) is 3.42. The first kappa shape index (κ1) is 10.2. The molecular weight excluding hydrogens is 186 g/mol. The number of sulfone groups is 1. The second-order valence-electron chi connectivity index (χ2n) is 3.09. The predicted molar refractivity (Wildman–Crippen MR) is 52.3 cm³/mol. The van der Waals surface area contributed by atoms with E-state index < -0.39 is 9.84 Å². The number of rotatable bonds is 4. The van der Waals surface area contributed by atoms with E-state index in [9.17, 15) is 8.42 Å². The molecule has 3 nitrogen and oxygen atoms in total. The van der Waals surface area contributed by atoms with Gasteiger partial charge in [0.25, 0.3) is 0 Å². The maximum Gasteiger partial charge on any atom is 0.147 e. The van der Waals surface area contributed by atoms with Crippen molar-refractivity contribution in [2.24, 2.45) is 0 Å². The molecule has 0 amide bonds. The molecule has 0 saturated carbocycles. The lowest BCUT2D eigenvalue weighted by molar-refractivity contribution is 0.599. The smallest absolute Gasteiger partial charge is 0.147 e. The molecule has 0 unspecified atom stereocenters. The Hall–Kier alpha value is -0.900. The number of aromatic nitrogens is 1. The van der Waals surface area contributed by atoms with Gasteiger partial charge >= 0.3 is 0 Å². The van der Waals surface area contributed by atoms with Crippen molar-refractivity contribution in [1.29, 1.82) is 0 Å². The lowest BCUT2D eigenvalue weighted by Crippen LogP contribution is -2.03. The number of hydrogen-bond acceptors (Lipinski definition) is 3. The minimum atomic E-state index is -2.81. The first-order valence-corrected chi connectivity index (χ1v) is 6.20. The maximum atomic E-state index is 10.8. The fraction of sp³-hybridized carbons (Fsp3) is 0.444. The normalized spacial score (nSPS) is 11.5. The number of aryl methyl sites for hydroxylation is 1. The molecule has 4 heteroatoms. The van der Waals surface area contributed by atoms with E-state index in [0.717, 1.165) is 12.0 Å². The van der Waals surface area contributed by atoms with E-state index in [2.05, 4.69) is 4.98 Å². The molecule has 0 bridgehead atoms. The van der Waals surface area contributed by atoms with Crippen molar-refractivity contribution in [2.45, 2.75) is 12.8 Å². The summed E-state index contributed by atoms with van der Waals surface area (Å²) in [6, 6.07) is 3.81. The van der Waals surface area contributed by atoms with Crippen molar-refractivity contribution < 1.29 is 8.42 Å². The molecular formula is C9H13NO2S. The molecule has 0 aliphatic carbocycles. The van der Waals surface area contributed by atoms with Gasteiger partial charge in [-0.3, -0.25) is 4.98 Å². The number of pyridine rings is 1. The van der Waals surface area contributed by atoms with Gasteiger partial charge in [0.2, 0.25) is 0 Å². The van der Waals surface area contributed by atoms with Gasteiger partial charge in [0.1, 0.15) is 9.84 Å². The molecule has 0 saturated heterocycles. The van der Waals surface area contributed by atoms with Gasteiger partial charge in [0, 0.05) is 18.6 Å². The quantitative estimate of drug-likeness (QED) is 0.728. The molecule has 0 atom stereocenters. The topological polar surface area (TPSA) is 47.0 Å². The van der Waals surface area contributed by atoms with E-state index in [0.29, 0.717) is 6.42 Å². The summed E-state index contributed by atoms with van der Waals surface area (Å²) in [7, 11) is -2.81. The van der Waals surface area contributed by atoms with Gasteiger partial charge in [0.05, 0.1) is 5.75 Å². The Labute approximate surface area is 78.7 Å². The van der Waals surface area contributed by atoms with Crippen LogP contribution in [-0.4, -0.2) is 25.4 Å². The third-order valence-corrected chi connectivity index (χ3v) is 2.73. The minimum Gasteiger partial charge on any atom is -0.264 e. The molecule has 0 aliphatic heterocycles. The molecule has 13 heavy (non-hydrogen) atoms. The standard InChI is InChI=1S/C9H13NO2S/c1-13(11,12)7-3-5-9-4-2-6-10-8-9/h2,4,6,8H,3,5,7H2,1H3.